The lowest BCUT2D eigenvalue weighted by atomic mass is 9.59. The van der Waals surface area contributed by atoms with Crippen molar-refractivity contribution in [2.24, 2.45) is 17.6 Å². The summed E-state index contributed by atoms with van der Waals surface area (Å²) >= 11 is 0. The zero-order valence-electron chi connectivity index (χ0n) is 23.3. The second-order valence-electron chi connectivity index (χ2n) is 11.3. The fraction of sp³-hybridized carbons (Fsp3) is 0.333. The van der Waals surface area contributed by atoms with Gasteiger partial charge in [-0.15, -0.1) is 9.24 Å². The summed E-state index contributed by atoms with van der Waals surface area (Å²) in [5.41, 5.74) is 4.64. The average Bonchev–Trinajstić information content (AvgIpc) is 2.92. The number of rotatable bonds is 7. The number of aliphatic hydroxyl groups excluding tert-OH is 2. The van der Waals surface area contributed by atoms with Gasteiger partial charge in [-0.1, -0.05) is 6.07 Å². The summed E-state index contributed by atoms with van der Waals surface area (Å²) in [7, 11) is 5.44. The zero-order valence-corrected chi connectivity index (χ0v) is 24.4. The normalized spacial score (nSPS) is 25.0. The molecule has 0 aromatic heterocycles. The molecule has 226 valence electrons. The van der Waals surface area contributed by atoms with Crippen LogP contribution in [-0.4, -0.2) is 75.3 Å². The summed E-state index contributed by atoms with van der Waals surface area (Å²) in [5.74, 6) is -8.05. The van der Waals surface area contributed by atoms with Crippen LogP contribution in [0.1, 0.15) is 33.5 Å². The maximum Gasteiger partial charge on any atom is 0.255 e. The number of hydrogen-bond acceptors (Lipinski definition) is 9. The van der Waals surface area contributed by atoms with Crippen molar-refractivity contribution >= 4 is 38.3 Å². The first kappa shape index (κ1) is 30.5. The minimum atomic E-state index is -1.86. The molecule has 1 saturated carbocycles. The number of aromatic hydroxyl groups is 1. The van der Waals surface area contributed by atoms with Gasteiger partial charge < -0.3 is 26.4 Å². The van der Waals surface area contributed by atoms with Crippen molar-refractivity contribution in [2.45, 2.75) is 30.6 Å². The third-order valence-electron chi connectivity index (χ3n) is 8.66. The number of carbonyl (C=O) groups is 4. The van der Waals surface area contributed by atoms with Crippen LogP contribution in [0.4, 0.5) is 8.78 Å². The summed E-state index contributed by atoms with van der Waals surface area (Å²) in [4.78, 5) is 54.4. The molecule has 43 heavy (non-hydrogen) atoms. The molecule has 0 saturated heterocycles. The Bertz CT molecular complexity index is 1650. The predicted octanol–water partition coefficient (Wildman–Crippen LogP) is 2.10. The summed E-state index contributed by atoms with van der Waals surface area (Å²) in [5, 5.41) is 34.1. The van der Waals surface area contributed by atoms with Gasteiger partial charge in [0.15, 0.2) is 17.3 Å². The second kappa shape index (κ2) is 10.9. The number of phenols is 1. The fourth-order valence-electron chi connectivity index (χ4n) is 6.67. The number of aliphatic hydroxyl groups is 2. The maximum atomic E-state index is 14.1. The third-order valence-corrected chi connectivity index (χ3v) is 9.63. The number of fused-ring (bicyclic) bond motifs is 3. The van der Waals surface area contributed by atoms with Crippen molar-refractivity contribution in [2.75, 3.05) is 20.6 Å². The number of amides is 1. The minimum Gasteiger partial charge on any atom is -0.510 e. The van der Waals surface area contributed by atoms with E-state index in [4.69, 9.17) is 5.73 Å². The average molecular weight is 614 g/mol. The van der Waals surface area contributed by atoms with Crippen LogP contribution >= 0.6 is 9.24 Å². The molecule has 1 amide bonds. The standard InChI is InChI=1S/C30H30F2N3O7P/c1-35(2)24-16-9-12-8-14-13(20(37)11-34-10-15-17(31)4-3-5-18(15)32)6-7-19(36)22(14)25(38)21(12)27(40)30(16,43)28(41)23(26(24)39)29(33)42/h3-7,12,16,24,34,36,38,41H,8-11,43H2,1-2H3,(H2,33,42)/t12-,16-,24-,30-/m0/s1. The Labute approximate surface area is 247 Å². The van der Waals surface area contributed by atoms with Crippen LogP contribution in [0.5, 0.6) is 5.75 Å². The number of allylic oxidation sites excluding steroid dienone is 2. The third kappa shape index (κ3) is 4.64. The highest BCUT2D eigenvalue weighted by molar-refractivity contribution is 7.22. The minimum absolute atomic E-state index is 0.0244. The molecule has 5 atom stereocenters. The van der Waals surface area contributed by atoms with E-state index < -0.39 is 80.8 Å². The Morgan fingerprint density at radius 3 is 2.37 bits per heavy atom. The van der Waals surface area contributed by atoms with E-state index in [0.717, 1.165) is 12.1 Å². The number of hydrogen-bond donors (Lipinski definition) is 5. The molecule has 0 spiro atoms. The molecular formula is C30H30F2N3O7P. The first-order chi connectivity index (χ1) is 20.2. The van der Waals surface area contributed by atoms with Gasteiger partial charge in [-0.05, 0) is 62.7 Å². The molecular weight excluding hydrogens is 583 g/mol. The molecule has 6 N–H and O–H groups in total. The number of ketones is 3. The van der Waals surface area contributed by atoms with E-state index in [0.29, 0.717) is 0 Å². The highest BCUT2D eigenvalue weighted by Crippen LogP contribution is 2.56. The first-order valence-corrected chi connectivity index (χ1v) is 14.0. The van der Waals surface area contributed by atoms with Gasteiger partial charge in [0.1, 0.15) is 39.6 Å². The summed E-state index contributed by atoms with van der Waals surface area (Å²) in [6.07, 6.45) is 0.115. The van der Waals surface area contributed by atoms with E-state index in [1.54, 1.807) is 14.1 Å². The van der Waals surface area contributed by atoms with E-state index in [-0.39, 0.29) is 53.8 Å². The number of nitrogens with zero attached hydrogens (tertiary/aromatic N) is 1. The molecule has 1 fully saturated rings. The van der Waals surface area contributed by atoms with Crippen LogP contribution in [0, 0.1) is 23.5 Å². The number of primary amides is 1. The highest BCUT2D eigenvalue weighted by Gasteiger charge is 2.62. The van der Waals surface area contributed by atoms with Gasteiger partial charge >= 0.3 is 0 Å². The summed E-state index contributed by atoms with van der Waals surface area (Å²) in [6, 6.07) is 4.97. The van der Waals surface area contributed by atoms with E-state index >= 15 is 0 Å². The molecule has 2 aromatic carbocycles. The molecule has 2 aromatic rings. The predicted molar refractivity (Wildman–Crippen MR) is 154 cm³/mol. The Balaban J connectivity index is 1.54. The number of halogens is 2. The van der Waals surface area contributed by atoms with Crippen LogP contribution < -0.4 is 11.1 Å². The van der Waals surface area contributed by atoms with Gasteiger partial charge in [0.05, 0.1) is 18.2 Å². The molecule has 0 radical (unpaired) electrons. The quantitative estimate of drug-likeness (QED) is 0.178. The van der Waals surface area contributed by atoms with Crippen molar-refractivity contribution in [1.29, 1.82) is 0 Å². The SMILES string of the molecule is CN(C)[C@@H]1C(=O)C(C(N)=O)=C(O)[C@@]2(P)C(=O)C3=C(O)c4c(O)ccc(C(=O)CNCc5c(F)cccc5F)c4C[C@H]3C[C@@H]12. The molecule has 5 rings (SSSR count). The number of nitrogens with two attached hydrogens (primary N) is 1. The van der Waals surface area contributed by atoms with Gasteiger partial charge in [0.2, 0.25) is 0 Å². The first-order valence-electron chi connectivity index (χ1n) is 13.4. The van der Waals surface area contributed by atoms with Crippen LogP contribution in [-0.2, 0) is 27.3 Å². The van der Waals surface area contributed by atoms with E-state index in [1.807, 2.05) is 0 Å². The highest BCUT2D eigenvalue weighted by atomic mass is 31.0. The van der Waals surface area contributed by atoms with Crippen molar-refractivity contribution in [3.63, 3.8) is 0 Å². The van der Waals surface area contributed by atoms with Crippen molar-refractivity contribution in [3.05, 3.63) is 81.1 Å². The fourth-order valence-corrected chi connectivity index (χ4v) is 7.29. The Morgan fingerprint density at radius 2 is 1.77 bits per heavy atom. The number of nitrogens with one attached hydrogen (secondary N) is 1. The van der Waals surface area contributed by atoms with Crippen molar-refractivity contribution in [1.82, 2.24) is 10.2 Å². The maximum absolute atomic E-state index is 14.1. The van der Waals surface area contributed by atoms with Crippen LogP contribution in [0.3, 0.4) is 0 Å². The van der Waals surface area contributed by atoms with E-state index in [1.165, 1.54) is 23.1 Å². The number of carbonyl (C=O) groups excluding carboxylic acids is 4. The van der Waals surface area contributed by atoms with Gasteiger partial charge in [-0.3, -0.25) is 24.1 Å². The molecule has 3 aliphatic carbocycles. The smallest absolute Gasteiger partial charge is 0.255 e. The van der Waals surface area contributed by atoms with Crippen molar-refractivity contribution < 1.29 is 43.3 Å². The molecule has 0 aliphatic heterocycles. The molecule has 3 aliphatic rings. The monoisotopic (exact) mass is 613 g/mol. The topological polar surface area (TPSA) is 170 Å². The Hall–Kier alpha value is -3.99. The summed E-state index contributed by atoms with van der Waals surface area (Å²) < 4.78 is 28.0. The van der Waals surface area contributed by atoms with Gasteiger partial charge in [-0.25, -0.2) is 8.78 Å². The van der Waals surface area contributed by atoms with Crippen LogP contribution in [0.15, 0.2) is 47.2 Å². The molecule has 0 heterocycles. The number of Topliss-reactive ketones (excluding diaryl/α,β-unsaturated/α-hetero) is 3. The largest absolute Gasteiger partial charge is 0.510 e. The molecule has 1 unspecified atom stereocenters. The lowest BCUT2D eigenvalue weighted by molar-refractivity contribution is -0.130. The van der Waals surface area contributed by atoms with E-state index in [2.05, 4.69) is 14.6 Å². The van der Waals surface area contributed by atoms with Gasteiger partial charge in [-0.2, -0.15) is 0 Å². The molecule has 10 nitrogen and oxygen atoms in total. The van der Waals surface area contributed by atoms with Crippen LogP contribution in [0.2, 0.25) is 0 Å². The van der Waals surface area contributed by atoms with Gasteiger partial charge in [0.25, 0.3) is 5.91 Å². The zero-order chi connectivity index (χ0) is 31.5. The van der Waals surface area contributed by atoms with Crippen molar-refractivity contribution in [3.8, 4) is 5.75 Å². The lowest BCUT2D eigenvalue weighted by Crippen LogP contribution is -2.63. The second-order valence-corrected chi connectivity index (χ2v) is 12.2. The van der Waals surface area contributed by atoms with Gasteiger partial charge in [0, 0.05) is 29.2 Å². The molecule has 0 bridgehead atoms. The van der Waals surface area contributed by atoms with E-state index in [9.17, 15) is 43.3 Å². The number of benzene rings is 2. The van der Waals surface area contributed by atoms with Crippen LogP contribution in [0.25, 0.3) is 5.76 Å². The number of likely N-dealkylation sites (N-methyl/N-ethyl adjacent to an activating group) is 1. The molecule has 13 heteroatoms. The summed E-state index contributed by atoms with van der Waals surface area (Å²) in [6.45, 7) is -0.589. The lowest BCUT2D eigenvalue weighted by Gasteiger charge is -2.51. The Kier molecular flexibility index (Phi) is 7.75. The Morgan fingerprint density at radius 1 is 1.12 bits per heavy atom. The number of phenolic OH excluding ortho intramolecular Hbond substituents is 1.